The molecule has 0 aromatic heterocycles. The minimum atomic E-state index is -0.893. The van der Waals surface area contributed by atoms with Gasteiger partial charge in [-0.05, 0) is 13.8 Å². The van der Waals surface area contributed by atoms with Gasteiger partial charge in [-0.25, -0.2) is 0 Å². The van der Waals surface area contributed by atoms with Gasteiger partial charge < -0.3 is 14.7 Å². The third-order valence-electron chi connectivity index (χ3n) is 1.91. The zero-order valence-corrected chi connectivity index (χ0v) is 7.49. The summed E-state index contributed by atoms with van der Waals surface area (Å²) in [6, 6.07) is 0. The largest absolute Gasteiger partial charge is 0.384 e. The van der Waals surface area contributed by atoms with Crippen molar-refractivity contribution in [1.29, 1.82) is 0 Å². The van der Waals surface area contributed by atoms with Gasteiger partial charge in [0.15, 0.2) is 0 Å². The van der Waals surface area contributed by atoms with Gasteiger partial charge >= 0.3 is 0 Å². The number of carbonyl (C=O) groups excluding carboxylic acids is 1. The first kappa shape index (κ1) is 9.48. The first-order chi connectivity index (χ1) is 5.61. The summed E-state index contributed by atoms with van der Waals surface area (Å²) in [7, 11) is 0. The molecule has 2 atom stereocenters. The zero-order chi connectivity index (χ0) is 9.14. The van der Waals surface area contributed by atoms with E-state index in [4.69, 9.17) is 9.84 Å². The van der Waals surface area contributed by atoms with Crippen LogP contribution < -0.4 is 0 Å². The van der Waals surface area contributed by atoms with Crippen LogP contribution in [0.2, 0.25) is 0 Å². The van der Waals surface area contributed by atoms with Crippen LogP contribution in [-0.2, 0) is 9.53 Å². The van der Waals surface area contributed by atoms with Crippen molar-refractivity contribution in [1.82, 2.24) is 4.90 Å². The smallest absolute Gasteiger partial charge is 0.251 e. The number of carbonyl (C=O) groups is 1. The Morgan fingerprint density at radius 1 is 1.75 bits per heavy atom. The van der Waals surface area contributed by atoms with Gasteiger partial charge in [0.2, 0.25) is 0 Å². The Kier molecular flexibility index (Phi) is 3.05. The number of amides is 1. The third kappa shape index (κ3) is 2.19. The Hall–Kier alpha value is -0.610. The van der Waals surface area contributed by atoms with Crippen LogP contribution in [0.3, 0.4) is 0 Å². The topological polar surface area (TPSA) is 49.8 Å². The second-order valence-corrected chi connectivity index (χ2v) is 3.14. The Balaban J connectivity index is 2.46. The van der Waals surface area contributed by atoms with Crippen LogP contribution in [0.25, 0.3) is 0 Å². The first-order valence-corrected chi connectivity index (χ1v) is 4.19. The van der Waals surface area contributed by atoms with Gasteiger partial charge in [-0.1, -0.05) is 0 Å². The summed E-state index contributed by atoms with van der Waals surface area (Å²) in [5.74, 6) is -0.204. The lowest BCUT2D eigenvalue weighted by Gasteiger charge is -2.31. The standard InChI is InChI=1S/C8H15NO3/c1-6-5-9(3-4-12-6)8(11)7(2)10/h6-7,10H,3-5H2,1-2H3. The Morgan fingerprint density at radius 3 is 2.92 bits per heavy atom. The van der Waals surface area contributed by atoms with Gasteiger partial charge in [0, 0.05) is 13.1 Å². The van der Waals surface area contributed by atoms with Crippen LogP contribution in [0.15, 0.2) is 0 Å². The van der Waals surface area contributed by atoms with E-state index >= 15 is 0 Å². The average molecular weight is 173 g/mol. The molecule has 2 unspecified atom stereocenters. The Bertz CT molecular complexity index is 170. The predicted molar refractivity (Wildman–Crippen MR) is 43.7 cm³/mol. The molecule has 0 bridgehead atoms. The lowest BCUT2D eigenvalue weighted by molar-refractivity contribution is -0.146. The third-order valence-corrected chi connectivity index (χ3v) is 1.91. The van der Waals surface area contributed by atoms with E-state index in [1.807, 2.05) is 6.92 Å². The maximum absolute atomic E-state index is 11.3. The van der Waals surface area contributed by atoms with Crippen LogP contribution in [0.4, 0.5) is 0 Å². The highest BCUT2D eigenvalue weighted by Gasteiger charge is 2.23. The van der Waals surface area contributed by atoms with Crippen molar-refractivity contribution in [2.45, 2.75) is 26.1 Å². The molecular weight excluding hydrogens is 158 g/mol. The van der Waals surface area contributed by atoms with E-state index in [1.54, 1.807) is 4.90 Å². The molecule has 0 aromatic rings. The maximum atomic E-state index is 11.3. The lowest BCUT2D eigenvalue weighted by Crippen LogP contribution is -2.47. The molecule has 0 spiro atoms. The monoisotopic (exact) mass is 173 g/mol. The first-order valence-electron chi connectivity index (χ1n) is 4.19. The number of nitrogens with zero attached hydrogens (tertiary/aromatic N) is 1. The fraction of sp³-hybridized carbons (Fsp3) is 0.875. The molecule has 1 amide bonds. The Morgan fingerprint density at radius 2 is 2.42 bits per heavy atom. The van der Waals surface area contributed by atoms with E-state index in [1.165, 1.54) is 6.92 Å². The molecule has 0 saturated carbocycles. The molecule has 0 aliphatic carbocycles. The lowest BCUT2D eigenvalue weighted by atomic mass is 10.2. The fourth-order valence-corrected chi connectivity index (χ4v) is 1.28. The molecule has 1 saturated heterocycles. The van der Waals surface area contributed by atoms with Gasteiger partial charge in [-0.15, -0.1) is 0 Å². The average Bonchev–Trinajstić information content (AvgIpc) is 2.03. The normalized spacial score (nSPS) is 26.9. The molecule has 4 heteroatoms. The van der Waals surface area contributed by atoms with Gasteiger partial charge in [-0.3, -0.25) is 4.79 Å². The number of hydrogen-bond acceptors (Lipinski definition) is 3. The molecule has 12 heavy (non-hydrogen) atoms. The highest BCUT2D eigenvalue weighted by atomic mass is 16.5. The molecule has 4 nitrogen and oxygen atoms in total. The summed E-state index contributed by atoms with van der Waals surface area (Å²) in [4.78, 5) is 12.9. The molecule has 0 aromatic carbocycles. The minimum Gasteiger partial charge on any atom is -0.384 e. The summed E-state index contributed by atoms with van der Waals surface area (Å²) >= 11 is 0. The van der Waals surface area contributed by atoms with E-state index in [0.29, 0.717) is 19.7 Å². The highest BCUT2D eigenvalue weighted by molar-refractivity contribution is 5.80. The number of aliphatic hydroxyl groups excluding tert-OH is 1. The van der Waals surface area contributed by atoms with Crippen LogP contribution in [0.5, 0.6) is 0 Å². The van der Waals surface area contributed by atoms with Gasteiger partial charge in [0.05, 0.1) is 12.7 Å². The summed E-state index contributed by atoms with van der Waals surface area (Å²) in [5.41, 5.74) is 0. The number of ether oxygens (including phenoxy) is 1. The molecule has 1 fully saturated rings. The summed E-state index contributed by atoms with van der Waals surface area (Å²) in [5, 5.41) is 9.03. The number of aliphatic hydroxyl groups is 1. The molecular formula is C8H15NO3. The zero-order valence-electron chi connectivity index (χ0n) is 7.49. The second-order valence-electron chi connectivity index (χ2n) is 3.14. The fourth-order valence-electron chi connectivity index (χ4n) is 1.28. The van der Waals surface area contributed by atoms with Crippen molar-refractivity contribution < 1.29 is 14.6 Å². The maximum Gasteiger partial charge on any atom is 0.251 e. The second kappa shape index (κ2) is 3.87. The number of morpholine rings is 1. The van der Waals surface area contributed by atoms with Crippen molar-refractivity contribution >= 4 is 5.91 Å². The van der Waals surface area contributed by atoms with Crippen LogP contribution in [-0.4, -0.2) is 47.8 Å². The summed E-state index contributed by atoms with van der Waals surface area (Å²) < 4.78 is 5.26. The highest BCUT2D eigenvalue weighted by Crippen LogP contribution is 2.05. The SMILES string of the molecule is CC1CN(C(=O)C(C)O)CCO1. The van der Waals surface area contributed by atoms with Crippen molar-refractivity contribution in [3.05, 3.63) is 0 Å². The van der Waals surface area contributed by atoms with E-state index in [9.17, 15) is 4.79 Å². The van der Waals surface area contributed by atoms with E-state index in [2.05, 4.69) is 0 Å². The van der Waals surface area contributed by atoms with E-state index < -0.39 is 6.10 Å². The van der Waals surface area contributed by atoms with Gasteiger partial charge in [-0.2, -0.15) is 0 Å². The van der Waals surface area contributed by atoms with E-state index in [-0.39, 0.29) is 12.0 Å². The quantitative estimate of drug-likeness (QED) is 0.587. The molecule has 1 rings (SSSR count). The van der Waals surface area contributed by atoms with Crippen LogP contribution in [0, 0.1) is 0 Å². The molecule has 0 radical (unpaired) electrons. The van der Waals surface area contributed by atoms with Crippen LogP contribution in [0.1, 0.15) is 13.8 Å². The number of hydrogen-bond donors (Lipinski definition) is 1. The minimum absolute atomic E-state index is 0.0847. The van der Waals surface area contributed by atoms with Gasteiger partial charge in [0.1, 0.15) is 6.10 Å². The Labute approximate surface area is 72.1 Å². The van der Waals surface area contributed by atoms with Crippen molar-refractivity contribution in [2.24, 2.45) is 0 Å². The molecule has 1 N–H and O–H groups in total. The molecule has 1 aliphatic rings. The van der Waals surface area contributed by atoms with Gasteiger partial charge in [0.25, 0.3) is 5.91 Å². The van der Waals surface area contributed by atoms with Crippen molar-refractivity contribution in [2.75, 3.05) is 19.7 Å². The van der Waals surface area contributed by atoms with Crippen LogP contribution >= 0.6 is 0 Å². The summed E-state index contributed by atoms with van der Waals surface area (Å²) in [6.07, 6.45) is -0.809. The van der Waals surface area contributed by atoms with E-state index in [0.717, 1.165) is 0 Å². The predicted octanol–water partition coefficient (Wildman–Crippen LogP) is -0.385. The molecule has 1 aliphatic heterocycles. The van der Waals surface area contributed by atoms with Crippen molar-refractivity contribution in [3.63, 3.8) is 0 Å². The summed E-state index contributed by atoms with van der Waals surface area (Å²) in [6.45, 7) is 5.15. The van der Waals surface area contributed by atoms with Crippen molar-refractivity contribution in [3.8, 4) is 0 Å². The number of rotatable bonds is 1. The molecule has 70 valence electrons. The molecule has 1 heterocycles.